The van der Waals surface area contributed by atoms with Gasteiger partial charge in [0.15, 0.2) is 0 Å². The monoisotopic (exact) mass is 490 g/mol. The van der Waals surface area contributed by atoms with E-state index in [1.54, 1.807) is 0 Å². The highest BCUT2D eigenvalue weighted by Gasteiger charge is 2.28. The van der Waals surface area contributed by atoms with Gasteiger partial charge in [0.1, 0.15) is 5.82 Å². The number of ether oxygens (including phenoxy) is 1. The molecule has 0 bridgehead atoms. The van der Waals surface area contributed by atoms with Crippen LogP contribution in [0.25, 0.3) is 0 Å². The van der Waals surface area contributed by atoms with E-state index < -0.39 is 34.8 Å². The van der Waals surface area contributed by atoms with Crippen LogP contribution in [-0.4, -0.2) is 44.4 Å². The molecule has 0 fully saturated rings. The zero-order valence-corrected chi connectivity index (χ0v) is 19.6. The first-order valence-corrected chi connectivity index (χ1v) is 11.9. The first kappa shape index (κ1) is 25.5. The minimum atomic E-state index is -4.13. The van der Waals surface area contributed by atoms with Crippen LogP contribution in [0.3, 0.4) is 0 Å². The number of halogens is 3. The molecule has 10 heteroatoms. The van der Waals surface area contributed by atoms with E-state index in [-0.39, 0.29) is 21.6 Å². The van der Waals surface area contributed by atoms with E-state index >= 15 is 0 Å². The number of sulfonamides is 1. The zero-order valence-electron chi connectivity index (χ0n) is 17.3. The van der Waals surface area contributed by atoms with Crippen molar-refractivity contribution in [3.63, 3.8) is 0 Å². The number of amides is 1. The molecule has 2 aromatic rings. The summed E-state index contributed by atoms with van der Waals surface area (Å²) in [6.45, 7) is 3.70. The lowest BCUT2D eigenvalue weighted by atomic mass is 10.2. The summed E-state index contributed by atoms with van der Waals surface area (Å²) in [5.74, 6) is -1.18. The molecule has 0 heterocycles. The van der Waals surface area contributed by atoms with E-state index in [0.717, 1.165) is 4.31 Å². The molecule has 0 saturated heterocycles. The molecular weight excluding hydrogens is 466 g/mol. The summed E-state index contributed by atoms with van der Waals surface area (Å²) < 4.78 is 47.0. The Morgan fingerprint density at radius 2 is 1.84 bits per heavy atom. The van der Waals surface area contributed by atoms with Crippen molar-refractivity contribution in [3.8, 4) is 0 Å². The Kier molecular flexibility index (Phi) is 9.71. The molecule has 0 aliphatic rings. The minimum Gasteiger partial charge on any atom is -0.379 e. The molecule has 31 heavy (non-hydrogen) atoms. The van der Waals surface area contributed by atoms with Gasteiger partial charge >= 0.3 is 0 Å². The number of hydrogen-bond acceptors (Lipinski definition) is 4. The molecule has 0 radical (unpaired) electrons. The summed E-state index contributed by atoms with van der Waals surface area (Å²) in [4.78, 5) is 12.4. The van der Waals surface area contributed by atoms with Crippen LogP contribution < -0.4 is 5.32 Å². The Labute approximate surface area is 192 Å². The number of benzene rings is 2. The normalized spacial score (nSPS) is 11.8. The summed E-state index contributed by atoms with van der Waals surface area (Å²) in [5, 5.41) is 3.10. The Hall–Kier alpha value is -1.71. The molecule has 0 unspecified atom stereocenters. The van der Waals surface area contributed by atoms with Gasteiger partial charge in [0.05, 0.1) is 17.5 Å². The Morgan fingerprint density at radius 1 is 1.16 bits per heavy atom. The van der Waals surface area contributed by atoms with Crippen LogP contribution in [0.1, 0.15) is 25.8 Å². The van der Waals surface area contributed by atoms with Crippen LogP contribution in [0.15, 0.2) is 47.4 Å². The van der Waals surface area contributed by atoms with Gasteiger partial charge in [-0.05, 0) is 56.7 Å². The van der Waals surface area contributed by atoms with Crippen LogP contribution in [0.5, 0.6) is 0 Å². The molecule has 2 aromatic carbocycles. The number of nitrogens with zero attached hydrogens (tertiary/aromatic N) is 1. The van der Waals surface area contributed by atoms with E-state index in [4.69, 9.17) is 27.9 Å². The van der Waals surface area contributed by atoms with Gasteiger partial charge in [-0.1, -0.05) is 29.3 Å². The van der Waals surface area contributed by atoms with Crippen molar-refractivity contribution < 1.29 is 22.3 Å². The third kappa shape index (κ3) is 7.73. The standard InChI is InChI=1S/C21H25Cl2FN2O4S/c1-15(2)30-12-4-11-25-21(27)14-26(13-18-19(23)5-3-6-20(18)24)31(28,29)17-9-7-16(22)8-10-17/h3,5-10,15H,4,11-14H2,1-2H3,(H,25,27). The number of carbonyl (C=O) groups is 1. The van der Waals surface area contributed by atoms with Crippen LogP contribution in [0.4, 0.5) is 4.39 Å². The Bertz CT molecular complexity index is 965. The van der Waals surface area contributed by atoms with Crippen molar-refractivity contribution in [2.45, 2.75) is 37.8 Å². The average molecular weight is 491 g/mol. The van der Waals surface area contributed by atoms with Gasteiger partial charge in [0.25, 0.3) is 0 Å². The van der Waals surface area contributed by atoms with E-state index in [0.29, 0.717) is 24.6 Å². The number of rotatable bonds is 11. The molecular formula is C21H25Cl2FN2O4S. The lowest BCUT2D eigenvalue weighted by Crippen LogP contribution is -2.41. The van der Waals surface area contributed by atoms with E-state index in [9.17, 15) is 17.6 Å². The lowest BCUT2D eigenvalue weighted by molar-refractivity contribution is -0.121. The van der Waals surface area contributed by atoms with E-state index in [1.807, 2.05) is 13.8 Å². The molecule has 170 valence electrons. The van der Waals surface area contributed by atoms with Crippen molar-refractivity contribution in [3.05, 3.63) is 63.9 Å². The number of nitrogens with one attached hydrogen (secondary N) is 1. The SMILES string of the molecule is CC(C)OCCCNC(=O)CN(Cc1c(F)cccc1Cl)S(=O)(=O)c1ccc(Cl)cc1. The van der Waals surface area contributed by atoms with Gasteiger partial charge in [-0.3, -0.25) is 4.79 Å². The molecule has 0 atom stereocenters. The minimum absolute atomic E-state index is 0.0140. The summed E-state index contributed by atoms with van der Waals surface area (Å²) in [7, 11) is -4.13. The first-order valence-electron chi connectivity index (χ1n) is 9.68. The second-order valence-corrected chi connectivity index (χ2v) is 9.83. The quantitative estimate of drug-likeness (QED) is 0.477. The third-order valence-corrected chi connectivity index (χ3v) is 6.67. The van der Waals surface area contributed by atoms with Crippen molar-refractivity contribution >= 4 is 39.1 Å². The van der Waals surface area contributed by atoms with Crippen LogP contribution >= 0.6 is 23.2 Å². The topological polar surface area (TPSA) is 75.7 Å². The number of carbonyl (C=O) groups excluding carboxylic acids is 1. The molecule has 0 aliphatic carbocycles. The van der Waals surface area contributed by atoms with E-state index in [2.05, 4.69) is 5.32 Å². The fraction of sp³-hybridized carbons (Fsp3) is 0.381. The fourth-order valence-corrected chi connectivity index (χ4v) is 4.39. The van der Waals surface area contributed by atoms with Crippen molar-refractivity contribution in [1.82, 2.24) is 9.62 Å². The van der Waals surface area contributed by atoms with Gasteiger partial charge in [0.2, 0.25) is 15.9 Å². The number of hydrogen-bond donors (Lipinski definition) is 1. The average Bonchev–Trinajstić information content (AvgIpc) is 2.69. The van der Waals surface area contributed by atoms with Gasteiger partial charge in [0, 0.05) is 35.3 Å². The van der Waals surface area contributed by atoms with Gasteiger partial charge in [-0.25, -0.2) is 12.8 Å². The molecule has 0 saturated carbocycles. The molecule has 0 aliphatic heterocycles. The molecule has 0 aromatic heterocycles. The highest BCUT2D eigenvalue weighted by atomic mass is 35.5. The van der Waals surface area contributed by atoms with Gasteiger partial charge in [-0.15, -0.1) is 0 Å². The van der Waals surface area contributed by atoms with Crippen molar-refractivity contribution in [2.24, 2.45) is 0 Å². The molecule has 1 amide bonds. The van der Waals surface area contributed by atoms with Crippen molar-refractivity contribution in [2.75, 3.05) is 19.7 Å². The maximum absolute atomic E-state index is 14.3. The second-order valence-electron chi connectivity index (χ2n) is 7.05. The Balaban J connectivity index is 2.20. The zero-order chi connectivity index (χ0) is 23.0. The molecule has 1 N–H and O–H groups in total. The highest BCUT2D eigenvalue weighted by Crippen LogP contribution is 2.25. The maximum Gasteiger partial charge on any atom is 0.243 e. The summed E-state index contributed by atoms with van der Waals surface area (Å²) in [5.41, 5.74) is -0.0140. The summed E-state index contributed by atoms with van der Waals surface area (Å²) >= 11 is 11.9. The van der Waals surface area contributed by atoms with E-state index in [1.165, 1.54) is 42.5 Å². The predicted molar refractivity (Wildman–Crippen MR) is 119 cm³/mol. The van der Waals surface area contributed by atoms with Crippen LogP contribution in [0.2, 0.25) is 10.0 Å². The molecule has 0 spiro atoms. The van der Waals surface area contributed by atoms with Crippen LogP contribution in [0, 0.1) is 5.82 Å². The second kappa shape index (κ2) is 11.8. The predicted octanol–water partition coefficient (Wildman–Crippen LogP) is 4.25. The lowest BCUT2D eigenvalue weighted by Gasteiger charge is -2.23. The van der Waals surface area contributed by atoms with Gasteiger partial charge < -0.3 is 10.1 Å². The van der Waals surface area contributed by atoms with Crippen LogP contribution in [-0.2, 0) is 26.1 Å². The molecule has 6 nitrogen and oxygen atoms in total. The maximum atomic E-state index is 14.3. The van der Waals surface area contributed by atoms with Crippen molar-refractivity contribution in [1.29, 1.82) is 0 Å². The summed E-state index contributed by atoms with van der Waals surface area (Å²) in [6, 6.07) is 9.58. The fourth-order valence-electron chi connectivity index (χ4n) is 2.68. The smallest absolute Gasteiger partial charge is 0.243 e. The Morgan fingerprint density at radius 3 is 2.45 bits per heavy atom. The largest absolute Gasteiger partial charge is 0.379 e. The molecule has 2 rings (SSSR count). The highest BCUT2D eigenvalue weighted by molar-refractivity contribution is 7.89. The van der Waals surface area contributed by atoms with Gasteiger partial charge in [-0.2, -0.15) is 4.31 Å². The summed E-state index contributed by atoms with van der Waals surface area (Å²) in [6.07, 6.45) is 0.661. The first-order chi connectivity index (χ1) is 14.6. The third-order valence-electron chi connectivity index (χ3n) is 4.26.